The van der Waals surface area contributed by atoms with E-state index < -0.39 is 0 Å². The minimum Gasteiger partial charge on any atom is -0.354 e. The normalized spacial score (nSPS) is 20.0. The standard InChI is InChI=1S/C7H8N8O/c16-6-5(1-2-8-6)14-3-9-11-7(14)15-4-10-12-13-15/h3-5H,1-2H2,(H,8,16). The number of nitrogens with zero attached hydrogens (tertiary/aromatic N) is 7. The second kappa shape index (κ2) is 3.36. The molecule has 3 heterocycles. The lowest BCUT2D eigenvalue weighted by molar-refractivity contribution is -0.121. The maximum Gasteiger partial charge on any atom is 0.255 e. The first-order valence-electron chi connectivity index (χ1n) is 4.77. The Morgan fingerprint density at radius 3 is 3.00 bits per heavy atom. The lowest BCUT2D eigenvalue weighted by Crippen LogP contribution is -2.23. The number of hydrogen-bond donors (Lipinski definition) is 1. The van der Waals surface area contributed by atoms with Crippen molar-refractivity contribution in [1.82, 2.24) is 40.3 Å². The van der Waals surface area contributed by atoms with Gasteiger partial charge in [-0.2, -0.15) is 4.68 Å². The predicted molar refractivity (Wildman–Crippen MR) is 49.4 cm³/mol. The first-order chi connectivity index (χ1) is 7.86. The van der Waals surface area contributed by atoms with Gasteiger partial charge in [-0.05, 0) is 16.8 Å². The molecule has 3 rings (SSSR count). The van der Waals surface area contributed by atoms with E-state index in [4.69, 9.17) is 0 Å². The van der Waals surface area contributed by atoms with Crippen molar-refractivity contribution >= 4 is 5.91 Å². The van der Waals surface area contributed by atoms with Gasteiger partial charge in [0.15, 0.2) is 0 Å². The molecule has 0 saturated carbocycles. The van der Waals surface area contributed by atoms with Crippen LogP contribution in [0.5, 0.6) is 0 Å². The Balaban J connectivity index is 2.02. The van der Waals surface area contributed by atoms with Crippen LogP contribution in [0.25, 0.3) is 5.95 Å². The average Bonchev–Trinajstić information content (AvgIpc) is 2.95. The van der Waals surface area contributed by atoms with Crippen LogP contribution in [-0.2, 0) is 4.79 Å². The van der Waals surface area contributed by atoms with Gasteiger partial charge in [0, 0.05) is 6.54 Å². The molecule has 16 heavy (non-hydrogen) atoms. The second-order valence-corrected chi connectivity index (χ2v) is 3.39. The van der Waals surface area contributed by atoms with Crippen molar-refractivity contribution in [1.29, 1.82) is 0 Å². The molecular formula is C7H8N8O. The molecule has 2 aromatic rings. The van der Waals surface area contributed by atoms with Crippen LogP contribution in [0.3, 0.4) is 0 Å². The average molecular weight is 220 g/mol. The van der Waals surface area contributed by atoms with Gasteiger partial charge in [-0.15, -0.1) is 15.3 Å². The molecule has 1 aliphatic heterocycles. The molecular weight excluding hydrogens is 212 g/mol. The van der Waals surface area contributed by atoms with E-state index >= 15 is 0 Å². The molecule has 1 atom stereocenters. The van der Waals surface area contributed by atoms with E-state index in [0.29, 0.717) is 18.9 Å². The third-order valence-electron chi connectivity index (χ3n) is 2.46. The Bertz CT molecular complexity index is 502. The van der Waals surface area contributed by atoms with Crippen molar-refractivity contribution in [2.45, 2.75) is 12.5 Å². The molecule has 1 saturated heterocycles. The van der Waals surface area contributed by atoms with Crippen LogP contribution in [0.15, 0.2) is 12.7 Å². The van der Waals surface area contributed by atoms with Gasteiger partial charge < -0.3 is 5.32 Å². The number of tetrazole rings is 1. The highest BCUT2D eigenvalue weighted by atomic mass is 16.2. The fourth-order valence-corrected chi connectivity index (χ4v) is 1.72. The lowest BCUT2D eigenvalue weighted by Gasteiger charge is -2.09. The minimum absolute atomic E-state index is 0.0332. The van der Waals surface area contributed by atoms with E-state index in [1.807, 2.05) is 0 Å². The molecule has 0 spiro atoms. The van der Waals surface area contributed by atoms with E-state index in [9.17, 15) is 4.79 Å². The molecule has 0 aliphatic carbocycles. The Morgan fingerprint density at radius 1 is 1.38 bits per heavy atom. The van der Waals surface area contributed by atoms with Crippen molar-refractivity contribution in [2.75, 3.05) is 6.54 Å². The quantitative estimate of drug-likeness (QED) is 0.648. The van der Waals surface area contributed by atoms with E-state index in [-0.39, 0.29) is 11.9 Å². The predicted octanol–water partition coefficient (Wildman–Crippen LogP) is -1.69. The molecule has 9 heteroatoms. The van der Waals surface area contributed by atoms with Crippen molar-refractivity contribution in [3.8, 4) is 5.95 Å². The van der Waals surface area contributed by atoms with Gasteiger partial charge in [0.1, 0.15) is 18.7 Å². The van der Waals surface area contributed by atoms with Crippen LogP contribution in [0.1, 0.15) is 12.5 Å². The zero-order valence-corrected chi connectivity index (χ0v) is 8.19. The fourth-order valence-electron chi connectivity index (χ4n) is 1.72. The molecule has 1 aliphatic rings. The van der Waals surface area contributed by atoms with Gasteiger partial charge in [0.2, 0.25) is 5.91 Å². The largest absolute Gasteiger partial charge is 0.354 e. The third-order valence-corrected chi connectivity index (χ3v) is 2.46. The minimum atomic E-state index is -0.283. The number of rotatable bonds is 2. The van der Waals surface area contributed by atoms with E-state index in [1.54, 1.807) is 4.57 Å². The lowest BCUT2D eigenvalue weighted by atomic mass is 10.2. The summed E-state index contributed by atoms with van der Waals surface area (Å²) in [5, 5.41) is 21.2. The molecule has 82 valence electrons. The van der Waals surface area contributed by atoms with Gasteiger partial charge in [-0.3, -0.25) is 9.36 Å². The van der Waals surface area contributed by atoms with Gasteiger partial charge >= 0.3 is 0 Å². The molecule has 0 radical (unpaired) electrons. The monoisotopic (exact) mass is 220 g/mol. The van der Waals surface area contributed by atoms with Crippen LogP contribution >= 0.6 is 0 Å². The maximum absolute atomic E-state index is 11.5. The first kappa shape index (κ1) is 8.95. The topological polar surface area (TPSA) is 103 Å². The highest BCUT2D eigenvalue weighted by Crippen LogP contribution is 2.18. The van der Waals surface area contributed by atoms with Crippen molar-refractivity contribution < 1.29 is 4.79 Å². The molecule has 0 bridgehead atoms. The summed E-state index contributed by atoms with van der Waals surface area (Å²) in [6.07, 6.45) is 3.63. The Kier molecular flexibility index (Phi) is 1.88. The zero-order chi connectivity index (χ0) is 11.0. The summed E-state index contributed by atoms with van der Waals surface area (Å²) in [4.78, 5) is 11.5. The summed E-state index contributed by atoms with van der Waals surface area (Å²) in [6.45, 7) is 0.663. The SMILES string of the molecule is O=C1NCCC1n1cnnc1-n1cnnn1. The third kappa shape index (κ3) is 1.25. The highest BCUT2D eigenvalue weighted by molar-refractivity contribution is 5.82. The Labute approximate surface area is 89.5 Å². The second-order valence-electron chi connectivity index (χ2n) is 3.39. The smallest absolute Gasteiger partial charge is 0.255 e. The Hall–Kier alpha value is -2.32. The van der Waals surface area contributed by atoms with E-state index in [1.165, 1.54) is 17.3 Å². The van der Waals surface area contributed by atoms with Gasteiger partial charge in [0.25, 0.3) is 5.95 Å². The van der Waals surface area contributed by atoms with Crippen LogP contribution in [0.4, 0.5) is 0 Å². The molecule has 9 nitrogen and oxygen atoms in total. The number of nitrogens with one attached hydrogen (secondary N) is 1. The molecule has 1 amide bonds. The van der Waals surface area contributed by atoms with E-state index in [0.717, 1.165) is 0 Å². The number of aromatic nitrogens is 7. The summed E-state index contributed by atoms with van der Waals surface area (Å²) in [7, 11) is 0. The summed E-state index contributed by atoms with van der Waals surface area (Å²) >= 11 is 0. The van der Waals surface area contributed by atoms with Crippen molar-refractivity contribution in [3.05, 3.63) is 12.7 Å². The summed E-state index contributed by atoms with van der Waals surface area (Å²) in [6, 6.07) is -0.283. The van der Waals surface area contributed by atoms with Crippen LogP contribution in [0, 0.1) is 0 Å². The van der Waals surface area contributed by atoms with Gasteiger partial charge in [-0.1, -0.05) is 0 Å². The molecule has 2 aromatic heterocycles. The Morgan fingerprint density at radius 2 is 2.31 bits per heavy atom. The van der Waals surface area contributed by atoms with Crippen LogP contribution in [-0.4, -0.2) is 47.4 Å². The molecule has 1 unspecified atom stereocenters. The number of carbonyl (C=O) groups is 1. The molecule has 0 aromatic carbocycles. The number of hydrogen-bond acceptors (Lipinski definition) is 6. The summed E-state index contributed by atoms with van der Waals surface area (Å²) in [5.41, 5.74) is 0. The van der Waals surface area contributed by atoms with E-state index in [2.05, 4.69) is 31.0 Å². The number of carbonyl (C=O) groups excluding carboxylic acids is 1. The summed E-state index contributed by atoms with van der Waals surface area (Å²) in [5.74, 6) is 0.404. The van der Waals surface area contributed by atoms with Gasteiger partial charge in [0.05, 0.1) is 0 Å². The molecule has 1 N–H and O–H groups in total. The fraction of sp³-hybridized carbons (Fsp3) is 0.429. The molecule has 1 fully saturated rings. The van der Waals surface area contributed by atoms with Gasteiger partial charge in [-0.25, -0.2) is 0 Å². The first-order valence-corrected chi connectivity index (χ1v) is 4.77. The highest BCUT2D eigenvalue weighted by Gasteiger charge is 2.28. The van der Waals surface area contributed by atoms with Crippen LogP contribution < -0.4 is 5.32 Å². The van der Waals surface area contributed by atoms with Crippen LogP contribution in [0.2, 0.25) is 0 Å². The zero-order valence-electron chi connectivity index (χ0n) is 8.19. The van der Waals surface area contributed by atoms with Crippen molar-refractivity contribution in [2.24, 2.45) is 0 Å². The van der Waals surface area contributed by atoms with Crippen molar-refractivity contribution in [3.63, 3.8) is 0 Å². The maximum atomic E-state index is 11.5. The summed E-state index contributed by atoms with van der Waals surface area (Å²) < 4.78 is 3.04. The number of amides is 1.